The Kier molecular flexibility index (Phi) is 7.95. The zero-order valence-electron chi connectivity index (χ0n) is 19.2. The Morgan fingerprint density at radius 3 is 2.50 bits per heavy atom. The fourth-order valence-corrected chi connectivity index (χ4v) is 6.15. The van der Waals surface area contributed by atoms with Crippen molar-refractivity contribution < 1.29 is 27.5 Å². The van der Waals surface area contributed by atoms with E-state index >= 15 is 0 Å². The molecule has 1 aromatic carbocycles. The molecule has 9 heteroatoms. The van der Waals surface area contributed by atoms with Crippen LogP contribution in [0.5, 0.6) is 0 Å². The molecule has 0 spiro atoms. The predicted octanol–water partition coefficient (Wildman–Crippen LogP) is 2.58. The van der Waals surface area contributed by atoms with Crippen LogP contribution < -0.4 is 5.32 Å². The van der Waals surface area contributed by atoms with Crippen molar-refractivity contribution in [3.8, 4) is 0 Å². The van der Waals surface area contributed by atoms with Crippen LogP contribution >= 0.6 is 0 Å². The fraction of sp³-hybridized carbons (Fsp3) is 0.652. The first-order valence-electron chi connectivity index (χ1n) is 11.3. The molecule has 1 N–H and O–H groups in total. The molecule has 3 rings (SSSR count). The van der Waals surface area contributed by atoms with Gasteiger partial charge in [0.1, 0.15) is 0 Å². The molecular formula is C23H34N2O6S. The summed E-state index contributed by atoms with van der Waals surface area (Å²) in [7, 11) is -3.78. The number of nitrogens with one attached hydrogen (secondary N) is 1. The summed E-state index contributed by atoms with van der Waals surface area (Å²) >= 11 is 0. The Hall–Kier alpha value is -1.97. The molecule has 0 unspecified atom stereocenters. The minimum Gasteiger partial charge on any atom is -0.452 e. The van der Waals surface area contributed by atoms with Crippen LogP contribution in [0.25, 0.3) is 0 Å². The highest BCUT2D eigenvalue weighted by molar-refractivity contribution is 7.89. The molecule has 178 valence electrons. The monoisotopic (exact) mass is 466 g/mol. The van der Waals surface area contributed by atoms with Gasteiger partial charge in [-0.05, 0) is 50.3 Å². The lowest BCUT2D eigenvalue weighted by molar-refractivity contribution is -0.125. The molecule has 0 bridgehead atoms. The van der Waals surface area contributed by atoms with E-state index in [-0.39, 0.29) is 47.7 Å². The summed E-state index contributed by atoms with van der Waals surface area (Å²) in [5.41, 5.74) is 0.0906. The molecule has 1 saturated heterocycles. The van der Waals surface area contributed by atoms with Crippen molar-refractivity contribution >= 4 is 21.9 Å². The van der Waals surface area contributed by atoms with Crippen LogP contribution in [0.3, 0.4) is 0 Å². The zero-order chi connectivity index (χ0) is 23.5. The van der Waals surface area contributed by atoms with Crippen molar-refractivity contribution in [1.29, 1.82) is 0 Å². The van der Waals surface area contributed by atoms with Gasteiger partial charge >= 0.3 is 5.97 Å². The number of nitrogens with zero attached hydrogens (tertiary/aromatic N) is 1. The normalized spacial score (nSPS) is 29.3. The van der Waals surface area contributed by atoms with Crippen LogP contribution in [-0.2, 0) is 24.3 Å². The second-order valence-electron chi connectivity index (χ2n) is 9.12. The summed E-state index contributed by atoms with van der Waals surface area (Å²) in [6, 6.07) is 5.81. The number of amides is 1. The summed E-state index contributed by atoms with van der Waals surface area (Å²) in [5.74, 6) is -0.162. The van der Waals surface area contributed by atoms with Crippen LogP contribution in [0.1, 0.15) is 57.3 Å². The van der Waals surface area contributed by atoms with Crippen molar-refractivity contribution in [2.24, 2.45) is 11.8 Å². The average molecular weight is 467 g/mol. The third-order valence-electron chi connectivity index (χ3n) is 6.48. The summed E-state index contributed by atoms with van der Waals surface area (Å²) in [6.07, 6.45) is 2.72. The number of hydrogen-bond donors (Lipinski definition) is 1. The van der Waals surface area contributed by atoms with E-state index in [0.717, 1.165) is 19.3 Å². The van der Waals surface area contributed by atoms with E-state index in [0.29, 0.717) is 11.8 Å². The Labute approximate surface area is 190 Å². The van der Waals surface area contributed by atoms with E-state index in [2.05, 4.69) is 19.2 Å². The number of ether oxygens (including phenoxy) is 2. The maximum Gasteiger partial charge on any atom is 0.338 e. The third-order valence-corrected chi connectivity index (χ3v) is 8.31. The molecule has 1 heterocycles. The van der Waals surface area contributed by atoms with E-state index < -0.39 is 22.6 Å². The van der Waals surface area contributed by atoms with Crippen LogP contribution in [0.2, 0.25) is 0 Å². The fourth-order valence-electron chi connectivity index (χ4n) is 4.51. The topological polar surface area (TPSA) is 102 Å². The van der Waals surface area contributed by atoms with Gasteiger partial charge in [0, 0.05) is 19.1 Å². The second-order valence-corrected chi connectivity index (χ2v) is 11.1. The van der Waals surface area contributed by atoms with Crippen LogP contribution in [0.15, 0.2) is 29.2 Å². The summed E-state index contributed by atoms with van der Waals surface area (Å²) in [4.78, 5) is 24.8. The van der Waals surface area contributed by atoms with E-state index in [4.69, 9.17) is 9.47 Å². The lowest BCUT2D eigenvalue weighted by Crippen LogP contribution is -2.48. The van der Waals surface area contributed by atoms with Crippen molar-refractivity contribution in [2.75, 3.05) is 19.7 Å². The summed E-state index contributed by atoms with van der Waals surface area (Å²) in [5, 5.41) is 2.96. The highest BCUT2D eigenvalue weighted by Gasteiger charge is 2.33. The highest BCUT2D eigenvalue weighted by Crippen LogP contribution is 2.29. The Bertz CT molecular complexity index is 924. The Morgan fingerprint density at radius 1 is 1.12 bits per heavy atom. The number of benzene rings is 1. The lowest BCUT2D eigenvalue weighted by Gasteiger charge is -2.34. The smallest absolute Gasteiger partial charge is 0.338 e. The van der Waals surface area contributed by atoms with Gasteiger partial charge in [-0.25, -0.2) is 13.2 Å². The molecular weight excluding hydrogens is 432 g/mol. The number of hydrogen-bond acceptors (Lipinski definition) is 6. The van der Waals surface area contributed by atoms with Crippen molar-refractivity contribution in [1.82, 2.24) is 9.62 Å². The molecule has 2 aliphatic rings. The molecule has 1 amide bonds. The van der Waals surface area contributed by atoms with Gasteiger partial charge in [0.2, 0.25) is 10.0 Å². The molecule has 5 atom stereocenters. The minimum atomic E-state index is -3.78. The number of carbonyl (C=O) groups excluding carboxylic acids is 2. The van der Waals surface area contributed by atoms with E-state index in [1.807, 2.05) is 13.8 Å². The number of esters is 1. The maximum absolute atomic E-state index is 13.1. The third kappa shape index (κ3) is 5.88. The maximum atomic E-state index is 13.1. The van der Waals surface area contributed by atoms with Gasteiger partial charge in [-0.15, -0.1) is 0 Å². The molecule has 0 radical (unpaired) electrons. The molecule has 1 aliphatic heterocycles. The number of rotatable bonds is 6. The standard InChI is InChI=1S/C23H34N2O6S/c1-15-7-5-10-21(18(15)4)24-22(26)14-30-23(27)19-8-6-9-20(11-19)32(28,29)25-12-16(2)31-17(3)13-25/h6,8-9,11,15-18,21H,5,7,10,12-14H2,1-4H3,(H,24,26)/t15-,16-,17+,18-,21+/m1/s1. The minimum absolute atomic E-state index is 0.0164. The average Bonchev–Trinajstić information content (AvgIpc) is 2.74. The van der Waals surface area contributed by atoms with Gasteiger partial charge in [-0.1, -0.05) is 32.8 Å². The second kappa shape index (κ2) is 10.3. The van der Waals surface area contributed by atoms with Gasteiger partial charge in [0.15, 0.2) is 6.61 Å². The van der Waals surface area contributed by atoms with Crippen molar-refractivity contribution in [3.05, 3.63) is 29.8 Å². The first-order chi connectivity index (χ1) is 15.1. The van der Waals surface area contributed by atoms with Gasteiger partial charge in [0.25, 0.3) is 5.91 Å². The number of morpholine rings is 1. The summed E-state index contributed by atoms with van der Waals surface area (Å²) < 4.78 is 38.2. The first-order valence-corrected chi connectivity index (χ1v) is 12.7. The van der Waals surface area contributed by atoms with Gasteiger partial charge < -0.3 is 14.8 Å². The molecule has 8 nitrogen and oxygen atoms in total. The molecule has 32 heavy (non-hydrogen) atoms. The molecule has 1 aromatic rings. The SMILES string of the molecule is C[C@@H]1[C@H](C)CCC[C@@H]1NC(=O)COC(=O)c1cccc(S(=O)(=O)N2C[C@@H](C)O[C@@H](C)C2)c1. The zero-order valence-corrected chi connectivity index (χ0v) is 20.1. The Balaban J connectivity index is 1.61. The highest BCUT2D eigenvalue weighted by atomic mass is 32.2. The largest absolute Gasteiger partial charge is 0.452 e. The van der Waals surface area contributed by atoms with Crippen LogP contribution in [-0.4, -0.2) is 62.5 Å². The number of sulfonamides is 1. The first kappa shape index (κ1) is 24.7. The van der Waals surface area contributed by atoms with E-state index in [9.17, 15) is 18.0 Å². The van der Waals surface area contributed by atoms with E-state index in [1.54, 1.807) is 0 Å². The van der Waals surface area contributed by atoms with Crippen molar-refractivity contribution in [2.45, 2.75) is 70.1 Å². The predicted molar refractivity (Wildman–Crippen MR) is 120 cm³/mol. The molecule has 1 aliphatic carbocycles. The molecule has 1 saturated carbocycles. The molecule has 0 aromatic heterocycles. The van der Waals surface area contributed by atoms with Crippen LogP contribution in [0, 0.1) is 11.8 Å². The molecule has 2 fully saturated rings. The quantitative estimate of drug-likeness (QED) is 0.647. The van der Waals surface area contributed by atoms with Crippen molar-refractivity contribution in [3.63, 3.8) is 0 Å². The number of carbonyl (C=O) groups is 2. The lowest BCUT2D eigenvalue weighted by atomic mass is 9.78. The Morgan fingerprint density at radius 2 is 1.81 bits per heavy atom. The van der Waals surface area contributed by atoms with Crippen LogP contribution in [0.4, 0.5) is 0 Å². The van der Waals surface area contributed by atoms with Gasteiger partial charge in [-0.3, -0.25) is 4.79 Å². The van der Waals surface area contributed by atoms with Gasteiger partial charge in [-0.2, -0.15) is 4.31 Å². The summed E-state index contributed by atoms with van der Waals surface area (Å²) in [6.45, 7) is 8.06. The van der Waals surface area contributed by atoms with Gasteiger partial charge in [0.05, 0.1) is 22.7 Å². The van der Waals surface area contributed by atoms with E-state index in [1.165, 1.54) is 28.6 Å².